The summed E-state index contributed by atoms with van der Waals surface area (Å²) in [5, 5.41) is 11.4. The van der Waals surface area contributed by atoms with Crippen LogP contribution in [0.15, 0.2) is 0 Å². The average Bonchev–Trinajstić information content (AvgIpc) is 2.14. The topological polar surface area (TPSA) is 49.3 Å². The largest absolute Gasteiger partial charge is 0.480 e. The SMILES string of the molecule is C[C@H]1CC[C@H](C(=O)O)N1. The predicted molar refractivity (Wildman–Crippen MR) is 33.3 cm³/mol. The zero-order chi connectivity index (χ0) is 6.85. The zero-order valence-corrected chi connectivity index (χ0v) is 5.42. The molecule has 1 aliphatic rings. The lowest BCUT2D eigenvalue weighted by atomic mass is 10.2. The number of aliphatic carboxylic acids is 1. The number of rotatable bonds is 1. The van der Waals surface area contributed by atoms with Gasteiger partial charge in [-0.05, 0) is 19.8 Å². The maximum atomic E-state index is 10.3. The second kappa shape index (κ2) is 2.35. The first-order valence-corrected chi connectivity index (χ1v) is 3.19. The van der Waals surface area contributed by atoms with Crippen LogP contribution in [-0.4, -0.2) is 23.2 Å². The Balaban J connectivity index is 2.39. The van der Waals surface area contributed by atoms with E-state index in [1.165, 1.54) is 0 Å². The van der Waals surface area contributed by atoms with E-state index in [1.807, 2.05) is 6.92 Å². The third-order valence-corrected chi connectivity index (χ3v) is 1.67. The number of carboxylic acids is 1. The molecule has 0 unspecified atom stereocenters. The molecule has 52 valence electrons. The first kappa shape index (κ1) is 6.55. The summed E-state index contributed by atoms with van der Waals surface area (Å²) >= 11 is 0. The molecule has 1 fully saturated rings. The highest BCUT2D eigenvalue weighted by molar-refractivity contribution is 5.73. The van der Waals surface area contributed by atoms with Crippen LogP contribution in [0, 0.1) is 0 Å². The van der Waals surface area contributed by atoms with Crippen molar-refractivity contribution in [3.05, 3.63) is 0 Å². The molecule has 1 aliphatic heterocycles. The van der Waals surface area contributed by atoms with Crippen LogP contribution < -0.4 is 5.32 Å². The van der Waals surface area contributed by atoms with Crippen LogP contribution in [0.2, 0.25) is 0 Å². The van der Waals surface area contributed by atoms with Crippen molar-refractivity contribution >= 4 is 5.97 Å². The molecule has 0 aromatic carbocycles. The number of hydrogen-bond acceptors (Lipinski definition) is 2. The van der Waals surface area contributed by atoms with Gasteiger partial charge < -0.3 is 10.4 Å². The molecule has 2 atom stereocenters. The fourth-order valence-corrected chi connectivity index (χ4v) is 1.12. The van der Waals surface area contributed by atoms with Crippen molar-refractivity contribution in [2.45, 2.75) is 31.8 Å². The first-order chi connectivity index (χ1) is 4.20. The lowest BCUT2D eigenvalue weighted by Gasteiger charge is -2.03. The van der Waals surface area contributed by atoms with E-state index in [4.69, 9.17) is 5.11 Å². The minimum Gasteiger partial charge on any atom is -0.480 e. The molecule has 0 bridgehead atoms. The van der Waals surface area contributed by atoms with Gasteiger partial charge in [0.2, 0.25) is 0 Å². The van der Waals surface area contributed by atoms with Gasteiger partial charge >= 0.3 is 5.97 Å². The number of carbonyl (C=O) groups is 1. The summed E-state index contributed by atoms with van der Waals surface area (Å²) in [7, 11) is 0. The fraction of sp³-hybridized carbons (Fsp3) is 0.833. The first-order valence-electron chi connectivity index (χ1n) is 3.19. The van der Waals surface area contributed by atoms with Gasteiger partial charge in [0, 0.05) is 6.04 Å². The van der Waals surface area contributed by atoms with Gasteiger partial charge in [-0.3, -0.25) is 4.79 Å². The molecule has 0 radical (unpaired) electrons. The van der Waals surface area contributed by atoms with Crippen LogP contribution in [0.4, 0.5) is 0 Å². The van der Waals surface area contributed by atoms with Crippen molar-refractivity contribution < 1.29 is 9.90 Å². The Morgan fingerprint density at radius 2 is 2.33 bits per heavy atom. The molecule has 0 saturated carbocycles. The van der Waals surface area contributed by atoms with Crippen LogP contribution in [0.5, 0.6) is 0 Å². The van der Waals surface area contributed by atoms with Crippen LogP contribution >= 0.6 is 0 Å². The van der Waals surface area contributed by atoms with Crippen molar-refractivity contribution in [3.8, 4) is 0 Å². The van der Waals surface area contributed by atoms with Gasteiger partial charge in [0.1, 0.15) is 6.04 Å². The van der Waals surface area contributed by atoms with Gasteiger partial charge in [-0.2, -0.15) is 0 Å². The van der Waals surface area contributed by atoms with E-state index >= 15 is 0 Å². The Bertz CT molecular complexity index is 124. The van der Waals surface area contributed by atoms with E-state index in [0.717, 1.165) is 12.8 Å². The van der Waals surface area contributed by atoms with E-state index in [1.54, 1.807) is 0 Å². The van der Waals surface area contributed by atoms with Crippen molar-refractivity contribution in [2.75, 3.05) is 0 Å². The standard InChI is InChI=1S/C6H11NO2/c1-4-2-3-5(7-4)6(8)9/h4-5,7H,2-3H2,1H3,(H,8,9)/t4-,5+/m0/s1. The van der Waals surface area contributed by atoms with Gasteiger partial charge in [-0.1, -0.05) is 0 Å². The van der Waals surface area contributed by atoms with Gasteiger partial charge in [0.05, 0.1) is 0 Å². The van der Waals surface area contributed by atoms with E-state index < -0.39 is 5.97 Å². The van der Waals surface area contributed by atoms with Gasteiger partial charge in [0.15, 0.2) is 0 Å². The third kappa shape index (κ3) is 1.42. The summed E-state index contributed by atoms with van der Waals surface area (Å²) in [6, 6.07) is 0.0890. The Morgan fingerprint density at radius 1 is 1.67 bits per heavy atom. The molecule has 9 heavy (non-hydrogen) atoms. The Labute approximate surface area is 54.1 Å². The van der Waals surface area contributed by atoms with Crippen molar-refractivity contribution in [3.63, 3.8) is 0 Å². The van der Waals surface area contributed by atoms with Crippen molar-refractivity contribution in [2.24, 2.45) is 0 Å². The Morgan fingerprint density at radius 3 is 2.56 bits per heavy atom. The van der Waals surface area contributed by atoms with Crippen LogP contribution in [0.1, 0.15) is 19.8 Å². The minimum absolute atomic E-state index is 0.292. The maximum absolute atomic E-state index is 10.3. The molecule has 1 rings (SSSR count). The highest BCUT2D eigenvalue weighted by Gasteiger charge is 2.25. The molecule has 1 saturated heterocycles. The van der Waals surface area contributed by atoms with Crippen molar-refractivity contribution in [1.29, 1.82) is 0 Å². The smallest absolute Gasteiger partial charge is 0.320 e. The summed E-state index contributed by atoms with van der Waals surface area (Å²) in [5.74, 6) is -0.723. The molecule has 3 heteroatoms. The average molecular weight is 129 g/mol. The minimum atomic E-state index is -0.723. The molecule has 0 aromatic heterocycles. The van der Waals surface area contributed by atoms with Crippen LogP contribution in [0.25, 0.3) is 0 Å². The second-order valence-electron chi connectivity index (χ2n) is 2.54. The van der Waals surface area contributed by atoms with E-state index in [0.29, 0.717) is 6.04 Å². The van der Waals surface area contributed by atoms with Gasteiger partial charge in [-0.15, -0.1) is 0 Å². The molecular formula is C6H11NO2. The lowest BCUT2D eigenvalue weighted by molar-refractivity contribution is -0.139. The van der Waals surface area contributed by atoms with E-state index in [-0.39, 0.29) is 6.04 Å². The molecule has 0 spiro atoms. The number of carboxylic acid groups (broad SMARTS) is 1. The summed E-state index contributed by atoms with van der Waals surface area (Å²) in [4.78, 5) is 10.3. The summed E-state index contributed by atoms with van der Waals surface area (Å²) in [6.07, 6.45) is 1.76. The third-order valence-electron chi connectivity index (χ3n) is 1.67. The van der Waals surface area contributed by atoms with E-state index in [9.17, 15) is 4.79 Å². The summed E-state index contributed by atoms with van der Waals surface area (Å²) in [6.45, 7) is 2.00. The van der Waals surface area contributed by atoms with Gasteiger partial charge in [-0.25, -0.2) is 0 Å². The molecule has 2 N–H and O–H groups in total. The molecule has 0 aliphatic carbocycles. The molecule has 0 aromatic rings. The molecule has 3 nitrogen and oxygen atoms in total. The second-order valence-corrected chi connectivity index (χ2v) is 2.54. The Hall–Kier alpha value is -0.570. The highest BCUT2D eigenvalue weighted by atomic mass is 16.4. The normalized spacial score (nSPS) is 34.8. The number of hydrogen-bond donors (Lipinski definition) is 2. The lowest BCUT2D eigenvalue weighted by Crippen LogP contribution is -2.33. The maximum Gasteiger partial charge on any atom is 0.320 e. The molecular weight excluding hydrogens is 118 g/mol. The fourth-order valence-electron chi connectivity index (χ4n) is 1.12. The molecule has 0 amide bonds. The van der Waals surface area contributed by atoms with Gasteiger partial charge in [0.25, 0.3) is 0 Å². The Kier molecular flexibility index (Phi) is 1.71. The highest BCUT2D eigenvalue weighted by Crippen LogP contribution is 2.10. The number of nitrogens with one attached hydrogen (secondary N) is 1. The molecule has 1 heterocycles. The zero-order valence-electron chi connectivity index (χ0n) is 5.42. The van der Waals surface area contributed by atoms with Crippen LogP contribution in [-0.2, 0) is 4.79 Å². The summed E-state index contributed by atoms with van der Waals surface area (Å²) in [5.41, 5.74) is 0. The van der Waals surface area contributed by atoms with Crippen molar-refractivity contribution in [1.82, 2.24) is 5.32 Å². The predicted octanol–water partition coefficient (Wildman–Crippen LogP) is 0.212. The monoisotopic (exact) mass is 129 g/mol. The van der Waals surface area contributed by atoms with E-state index in [2.05, 4.69) is 5.32 Å². The summed E-state index contributed by atoms with van der Waals surface area (Å²) < 4.78 is 0. The quantitative estimate of drug-likeness (QED) is 0.532. The van der Waals surface area contributed by atoms with Crippen LogP contribution in [0.3, 0.4) is 0 Å².